The van der Waals surface area contributed by atoms with Crippen molar-refractivity contribution in [1.82, 2.24) is 0 Å². The van der Waals surface area contributed by atoms with Crippen molar-refractivity contribution in [2.45, 2.75) is 26.4 Å². The summed E-state index contributed by atoms with van der Waals surface area (Å²) in [5.74, 6) is -0.521. The molecule has 1 aromatic carbocycles. The number of phenols is 2. The highest BCUT2D eigenvalue weighted by atomic mass is 31.2. The van der Waals surface area contributed by atoms with Crippen LogP contribution in [0.3, 0.4) is 0 Å². The van der Waals surface area contributed by atoms with Gasteiger partial charge in [0.25, 0.3) is 0 Å². The zero-order chi connectivity index (χ0) is 16.8. The maximum atomic E-state index is 12.0. The molecule has 22 heavy (non-hydrogen) atoms. The van der Waals surface area contributed by atoms with Gasteiger partial charge in [-0.25, -0.2) is 0 Å². The summed E-state index contributed by atoms with van der Waals surface area (Å²) in [7, 11) is -4.15. The Bertz CT molecular complexity index is 675. The van der Waals surface area contributed by atoms with Gasteiger partial charge in [-0.3, -0.25) is 4.57 Å². The molecule has 0 aliphatic heterocycles. The van der Waals surface area contributed by atoms with Gasteiger partial charge in [-0.05, 0) is 37.1 Å². The van der Waals surface area contributed by atoms with Crippen molar-refractivity contribution in [3.05, 3.63) is 41.2 Å². The lowest BCUT2D eigenvalue weighted by molar-refractivity contribution is 0.190. The van der Waals surface area contributed by atoms with Crippen molar-refractivity contribution in [3.63, 3.8) is 0 Å². The topological polar surface area (TPSA) is 111 Å². The Balaban J connectivity index is 2.93. The molecule has 1 rings (SSSR count). The fourth-order valence-electron chi connectivity index (χ4n) is 1.46. The third-order valence-corrected chi connectivity index (χ3v) is 4.36. The first-order chi connectivity index (χ1) is 10.3. The summed E-state index contributed by atoms with van der Waals surface area (Å²) in [6.45, 7) is 3.45. The summed E-state index contributed by atoms with van der Waals surface area (Å²) in [4.78, 5) is 9.79. The van der Waals surface area contributed by atoms with Gasteiger partial charge in [0.05, 0.1) is 6.10 Å². The molecule has 0 fully saturated rings. The van der Waals surface area contributed by atoms with Gasteiger partial charge in [0.1, 0.15) is 11.4 Å². The standard InChI is InChI=1S/C15H18NO5P/c1-3-11(2)21-22(19,20)13(10-16)6-4-5-12-7-8-14(17)15(18)9-12/h4-9,11,17-18H,3H2,1-2H3,(H,19,20). The van der Waals surface area contributed by atoms with Gasteiger partial charge in [-0.15, -0.1) is 0 Å². The zero-order valence-corrected chi connectivity index (χ0v) is 13.2. The van der Waals surface area contributed by atoms with Crippen molar-refractivity contribution in [2.24, 2.45) is 0 Å². The predicted octanol–water partition coefficient (Wildman–Crippen LogP) is 3.52. The molecule has 7 heteroatoms. The van der Waals surface area contributed by atoms with Gasteiger partial charge < -0.3 is 19.6 Å². The van der Waals surface area contributed by atoms with E-state index in [2.05, 4.69) is 0 Å². The molecule has 0 amide bonds. The van der Waals surface area contributed by atoms with E-state index in [0.717, 1.165) is 0 Å². The molecule has 2 unspecified atom stereocenters. The summed E-state index contributed by atoms with van der Waals surface area (Å²) in [6, 6.07) is 5.83. The molecule has 6 nitrogen and oxygen atoms in total. The number of rotatable bonds is 6. The molecule has 0 bridgehead atoms. The maximum Gasteiger partial charge on any atom is 0.369 e. The van der Waals surface area contributed by atoms with Crippen LogP contribution in [0.25, 0.3) is 6.08 Å². The van der Waals surface area contributed by atoms with Crippen molar-refractivity contribution in [3.8, 4) is 17.6 Å². The number of nitriles is 1. The van der Waals surface area contributed by atoms with Crippen LogP contribution in [0.5, 0.6) is 11.5 Å². The highest BCUT2D eigenvalue weighted by molar-refractivity contribution is 7.57. The lowest BCUT2D eigenvalue weighted by Gasteiger charge is -2.15. The largest absolute Gasteiger partial charge is 0.504 e. The number of hydrogen-bond donors (Lipinski definition) is 3. The van der Waals surface area contributed by atoms with Gasteiger partial charge in [0.2, 0.25) is 0 Å². The van der Waals surface area contributed by atoms with Crippen LogP contribution in [-0.4, -0.2) is 21.2 Å². The van der Waals surface area contributed by atoms with E-state index in [9.17, 15) is 19.7 Å². The zero-order valence-electron chi connectivity index (χ0n) is 12.3. The molecule has 3 N–H and O–H groups in total. The Labute approximate surface area is 129 Å². The van der Waals surface area contributed by atoms with Gasteiger partial charge in [0.15, 0.2) is 11.5 Å². The van der Waals surface area contributed by atoms with Crippen LogP contribution >= 0.6 is 7.60 Å². The van der Waals surface area contributed by atoms with E-state index in [1.54, 1.807) is 26.0 Å². The van der Waals surface area contributed by atoms with Crippen LogP contribution in [0.2, 0.25) is 0 Å². The minimum atomic E-state index is -4.15. The SMILES string of the molecule is CCC(C)OP(=O)(O)C(C#N)=CC=Cc1ccc(O)c(O)c1. The molecular weight excluding hydrogens is 305 g/mol. The second-order valence-electron chi connectivity index (χ2n) is 4.62. The Morgan fingerprint density at radius 2 is 2.14 bits per heavy atom. The maximum absolute atomic E-state index is 12.0. The van der Waals surface area contributed by atoms with Crippen LogP contribution < -0.4 is 0 Å². The van der Waals surface area contributed by atoms with Crippen LogP contribution in [0, 0.1) is 11.3 Å². The lowest BCUT2D eigenvalue weighted by atomic mass is 10.2. The number of hydrogen-bond acceptors (Lipinski definition) is 5. The molecular formula is C15H18NO5P. The number of allylic oxidation sites excluding steroid dienone is 3. The molecule has 1 aromatic rings. The van der Waals surface area contributed by atoms with E-state index >= 15 is 0 Å². The molecule has 0 aliphatic carbocycles. The number of aromatic hydroxyl groups is 2. The summed E-state index contributed by atoms with van der Waals surface area (Å²) < 4.78 is 17.0. The van der Waals surface area contributed by atoms with Gasteiger partial charge in [-0.2, -0.15) is 5.26 Å². The monoisotopic (exact) mass is 323 g/mol. The Morgan fingerprint density at radius 1 is 1.45 bits per heavy atom. The van der Waals surface area contributed by atoms with Gasteiger partial charge in [0, 0.05) is 0 Å². The minimum Gasteiger partial charge on any atom is -0.504 e. The Hall–Kier alpha value is -2.06. The van der Waals surface area contributed by atoms with Crippen LogP contribution in [0.4, 0.5) is 0 Å². The van der Waals surface area contributed by atoms with Crippen molar-refractivity contribution >= 4 is 13.7 Å². The van der Waals surface area contributed by atoms with Gasteiger partial charge >= 0.3 is 7.60 Å². The molecule has 0 saturated carbocycles. The van der Waals surface area contributed by atoms with Crippen molar-refractivity contribution < 1.29 is 24.2 Å². The second-order valence-corrected chi connectivity index (χ2v) is 6.35. The fourth-order valence-corrected chi connectivity index (χ4v) is 2.62. The fraction of sp³-hybridized carbons (Fsp3) is 0.267. The first-order valence-electron chi connectivity index (χ1n) is 6.62. The Kier molecular flexibility index (Phi) is 6.39. The quantitative estimate of drug-likeness (QED) is 0.320. The van der Waals surface area contributed by atoms with E-state index in [4.69, 9.17) is 9.79 Å². The van der Waals surface area contributed by atoms with Crippen LogP contribution in [0.15, 0.2) is 35.7 Å². The van der Waals surface area contributed by atoms with Crippen LogP contribution in [-0.2, 0) is 9.09 Å². The van der Waals surface area contributed by atoms with Crippen molar-refractivity contribution in [2.75, 3.05) is 0 Å². The lowest BCUT2D eigenvalue weighted by Crippen LogP contribution is -2.05. The van der Waals surface area contributed by atoms with E-state index in [0.29, 0.717) is 12.0 Å². The molecule has 0 aromatic heterocycles. The van der Waals surface area contributed by atoms with E-state index in [1.165, 1.54) is 30.4 Å². The second kappa shape index (κ2) is 7.81. The Morgan fingerprint density at radius 3 is 2.68 bits per heavy atom. The average Bonchev–Trinajstić information content (AvgIpc) is 2.46. The third kappa shape index (κ3) is 5.05. The highest BCUT2D eigenvalue weighted by Crippen LogP contribution is 2.51. The summed E-state index contributed by atoms with van der Waals surface area (Å²) in [6.07, 6.45) is 4.21. The summed E-state index contributed by atoms with van der Waals surface area (Å²) >= 11 is 0. The molecule has 0 saturated heterocycles. The molecule has 0 radical (unpaired) electrons. The molecule has 0 heterocycles. The third-order valence-electron chi connectivity index (χ3n) is 2.86. The first-order valence-corrected chi connectivity index (χ1v) is 8.20. The number of nitrogens with zero attached hydrogens (tertiary/aromatic N) is 1. The summed E-state index contributed by atoms with van der Waals surface area (Å²) in [5, 5.41) is 27.2. The van der Waals surface area contributed by atoms with E-state index in [1.807, 2.05) is 0 Å². The molecule has 118 valence electrons. The normalized spacial score (nSPS) is 16.2. The molecule has 0 aliphatic rings. The number of benzene rings is 1. The van der Waals surface area contributed by atoms with Crippen molar-refractivity contribution in [1.29, 1.82) is 5.26 Å². The van der Waals surface area contributed by atoms with E-state index < -0.39 is 13.7 Å². The van der Waals surface area contributed by atoms with Crippen LogP contribution in [0.1, 0.15) is 25.8 Å². The number of phenolic OH excluding ortho intramolecular Hbond substituents is 2. The van der Waals surface area contributed by atoms with Gasteiger partial charge in [-0.1, -0.05) is 25.1 Å². The average molecular weight is 323 g/mol. The molecule has 2 atom stereocenters. The predicted molar refractivity (Wildman–Crippen MR) is 83.2 cm³/mol. The first kappa shape index (κ1) is 18.0. The smallest absolute Gasteiger partial charge is 0.369 e. The van der Waals surface area contributed by atoms with E-state index in [-0.39, 0.29) is 16.8 Å². The molecule has 0 spiro atoms. The summed E-state index contributed by atoms with van der Waals surface area (Å²) in [5.41, 5.74) is 0.555. The minimum absolute atomic E-state index is 0.243. The highest BCUT2D eigenvalue weighted by Gasteiger charge is 2.27.